The first-order valence-electron chi connectivity index (χ1n) is 6.18. The number of nitrogens with zero attached hydrogens (tertiary/aromatic N) is 1. The average molecular weight is 305 g/mol. The SMILES string of the molecule is CC1(C)CNCC1NS(=O)(=O)c1cncc(C(F)F)c1. The molecule has 1 aromatic rings. The summed E-state index contributed by atoms with van der Waals surface area (Å²) in [7, 11) is -3.86. The number of nitrogens with one attached hydrogen (secondary N) is 2. The Bertz CT molecular complexity index is 590. The van der Waals surface area contributed by atoms with Crippen molar-refractivity contribution in [3.05, 3.63) is 24.0 Å². The van der Waals surface area contributed by atoms with Crippen LogP contribution in [0.5, 0.6) is 0 Å². The van der Waals surface area contributed by atoms with Gasteiger partial charge in [0.05, 0.1) is 0 Å². The highest BCUT2D eigenvalue weighted by molar-refractivity contribution is 7.89. The van der Waals surface area contributed by atoms with Crippen LogP contribution < -0.4 is 10.0 Å². The molecule has 8 heteroatoms. The molecule has 0 aromatic carbocycles. The summed E-state index contributed by atoms with van der Waals surface area (Å²) in [6.07, 6.45) is -0.712. The van der Waals surface area contributed by atoms with Crippen LogP contribution in [0, 0.1) is 5.41 Å². The van der Waals surface area contributed by atoms with Gasteiger partial charge in [0.2, 0.25) is 10.0 Å². The molecule has 1 saturated heterocycles. The van der Waals surface area contributed by atoms with Crippen LogP contribution in [-0.4, -0.2) is 32.5 Å². The van der Waals surface area contributed by atoms with Gasteiger partial charge >= 0.3 is 0 Å². The van der Waals surface area contributed by atoms with Crippen molar-refractivity contribution in [2.24, 2.45) is 5.41 Å². The Morgan fingerprint density at radius 1 is 1.45 bits per heavy atom. The summed E-state index contributed by atoms with van der Waals surface area (Å²) in [6.45, 7) is 5.08. The monoisotopic (exact) mass is 305 g/mol. The summed E-state index contributed by atoms with van der Waals surface area (Å²) in [6, 6.07) is 0.665. The van der Waals surface area contributed by atoms with Crippen LogP contribution in [0.25, 0.3) is 0 Å². The zero-order valence-corrected chi connectivity index (χ0v) is 12.0. The summed E-state index contributed by atoms with van der Waals surface area (Å²) in [5.74, 6) is 0. The van der Waals surface area contributed by atoms with E-state index < -0.39 is 22.0 Å². The number of sulfonamides is 1. The summed E-state index contributed by atoms with van der Waals surface area (Å²) >= 11 is 0. The third-order valence-corrected chi connectivity index (χ3v) is 4.91. The lowest BCUT2D eigenvalue weighted by Gasteiger charge is -2.26. The van der Waals surface area contributed by atoms with Gasteiger partial charge in [-0.15, -0.1) is 0 Å². The molecule has 1 fully saturated rings. The minimum atomic E-state index is -3.86. The quantitative estimate of drug-likeness (QED) is 0.879. The van der Waals surface area contributed by atoms with Gasteiger partial charge in [-0.1, -0.05) is 13.8 Å². The first-order valence-corrected chi connectivity index (χ1v) is 7.67. The fraction of sp³-hybridized carbons (Fsp3) is 0.583. The molecule has 0 bridgehead atoms. The standard InChI is InChI=1S/C12H17F2N3O2S/c1-12(2)7-16-6-10(12)17-20(18,19)9-3-8(11(13)14)4-15-5-9/h3-5,10-11,16-17H,6-7H2,1-2H3. The predicted molar refractivity (Wildman–Crippen MR) is 70.0 cm³/mol. The lowest BCUT2D eigenvalue weighted by molar-refractivity contribution is 0.150. The van der Waals surface area contributed by atoms with Crippen molar-refractivity contribution in [1.29, 1.82) is 0 Å². The second kappa shape index (κ2) is 5.34. The molecule has 2 N–H and O–H groups in total. The van der Waals surface area contributed by atoms with Gasteiger partial charge in [-0.25, -0.2) is 21.9 Å². The van der Waals surface area contributed by atoms with Crippen molar-refractivity contribution in [3.63, 3.8) is 0 Å². The van der Waals surface area contributed by atoms with E-state index in [0.29, 0.717) is 13.1 Å². The van der Waals surface area contributed by atoms with Crippen molar-refractivity contribution in [2.45, 2.75) is 31.2 Å². The van der Waals surface area contributed by atoms with Crippen molar-refractivity contribution in [1.82, 2.24) is 15.0 Å². The van der Waals surface area contributed by atoms with E-state index in [-0.39, 0.29) is 16.4 Å². The van der Waals surface area contributed by atoms with E-state index in [9.17, 15) is 17.2 Å². The van der Waals surface area contributed by atoms with Crippen molar-refractivity contribution >= 4 is 10.0 Å². The molecule has 1 aromatic heterocycles. The molecule has 112 valence electrons. The number of rotatable bonds is 4. The van der Waals surface area contributed by atoms with Gasteiger partial charge in [0.25, 0.3) is 6.43 Å². The molecule has 0 radical (unpaired) electrons. The lowest BCUT2D eigenvalue weighted by Crippen LogP contribution is -2.44. The van der Waals surface area contributed by atoms with Gasteiger partial charge in [-0.3, -0.25) is 4.98 Å². The molecule has 0 saturated carbocycles. The van der Waals surface area contributed by atoms with Gasteiger partial charge in [-0.05, 0) is 11.5 Å². The molecule has 2 heterocycles. The largest absolute Gasteiger partial charge is 0.315 e. The number of aromatic nitrogens is 1. The maximum Gasteiger partial charge on any atom is 0.265 e. The van der Waals surface area contributed by atoms with Crippen molar-refractivity contribution in [2.75, 3.05) is 13.1 Å². The van der Waals surface area contributed by atoms with Gasteiger partial charge in [0.1, 0.15) is 4.90 Å². The molecule has 1 aliphatic rings. The second-order valence-corrected chi connectivity index (χ2v) is 7.26. The van der Waals surface area contributed by atoms with E-state index in [1.54, 1.807) is 0 Å². The molecule has 0 spiro atoms. The zero-order chi connectivity index (χ0) is 15.0. The number of hydrogen-bond acceptors (Lipinski definition) is 4. The maximum atomic E-state index is 12.6. The Morgan fingerprint density at radius 2 is 2.15 bits per heavy atom. The highest BCUT2D eigenvalue weighted by Crippen LogP contribution is 2.26. The second-order valence-electron chi connectivity index (χ2n) is 5.55. The topological polar surface area (TPSA) is 71.1 Å². The molecule has 1 aliphatic heterocycles. The highest BCUT2D eigenvalue weighted by atomic mass is 32.2. The summed E-state index contributed by atoms with van der Waals surface area (Å²) in [4.78, 5) is 3.33. The van der Waals surface area contributed by atoms with E-state index in [4.69, 9.17) is 0 Å². The molecular weight excluding hydrogens is 288 g/mol. The summed E-state index contributed by atoms with van der Waals surface area (Å²) in [5, 5.41) is 3.10. The Morgan fingerprint density at radius 3 is 2.70 bits per heavy atom. The van der Waals surface area contributed by atoms with Crippen LogP contribution in [0.1, 0.15) is 25.8 Å². The Hall–Kier alpha value is -1.12. The van der Waals surface area contributed by atoms with Crippen LogP contribution in [0.4, 0.5) is 8.78 Å². The Balaban J connectivity index is 2.25. The molecule has 1 unspecified atom stereocenters. The third kappa shape index (κ3) is 3.13. The fourth-order valence-electron chi connectivity index (χ4n) is 2.10. The summed E-state index contributed by atoms with van der Waals surface area (Å²) < 4.78 is 52.2. The van der Waals surface area contributed by atoms with Crippen LogP contribution in [0.15, 0.2) is 23.4 Å². The number of hydrogen-bond donors (Lipinski definition) is 2. The number of alkyl halides is 2. The van der Waals surface area contributed by atoms with Gasteiger partial charge in [-0.2, -0.15) is 0 Å². The van der Waals surface area contributed by atoms with E-state index >= 15 is 0 Å². The first kappa shape index (κ1) is 15.3. The maximum absolute atomic E-state index is 12.6. The van der Waals surface area contributed by atoms with Crippen LogP contribution in [0.3, 0.4) is 0 Å². The fourth-order valence-corrected chi connectivity index (χ4v) is 3.50. The van der Waals surface area contributed by atoms with E-state index in [2.05, 4.69) is 15.0 Å². The first-order chi connectivity index (χ1) is 9.22. The van der Waals surface area contributed by atoms with E-state index in [0.717, 1.165) is 18.5 Å². The lowest BCUT2D eigenvalue weighted by atomic mass is 9.89. The van der Waals surface area contributed by atoms with Gasteiger partial charge in [0.15, 0.2) is 0 Å². The minimum absolute atomic E-state index is 0.235. The smallest absolute Gasteiger partial charge is 0.265 e. The normalized spacial score (nSPS) is 22.4. The molecule has 5 nitrogen and oxygen atoms in total. The highest BCUT2D eigenvalue weighted by Gasteiger charge is 2.37. The van der Waals surface area contributed by atoms with Crippen molar-refractivity contribution in [3.8, 4) is 0 Å². The zero-order valence-electron chi connectivity index (χ0n) is 11.2. The van der Waals surface area contributed by atoms with Gasteiger partial charge < -0.3 is 5.32 Å². The minimum Gasteiger partial charge on any atom is -0.315 e. The average Bonchev–Trinajstić information content (AvgIpc) is 2.68. The molecular formula is C12H17F2N3O2S. The number of halogens is 2. The molecule has 20 heavy (non-hydrogen) atoms. The molecule has 2 rings (SSSR count). The number of pyridine rings is 1. The van der Waals surface area contributed by atoms with E-state index in [1.807, 2.05) is 13.8 Å². The molecule has 0 aliphatic carbocycles. The van der Waals surface area contributed by atoms with E-state index in [1.165, 1.54) is 0 Å². The summed E-state index contributed by atoms with van der Waals surface area (Å²) in [5.41, 5.74) is -0.641. The molecule has 1 atom stereocenters. The third-order valence-electron chi connectivity index (χ3n) is 3.47. The van der Waals surface area contributed by atoms with Crippen LogP contribution >= 0.6 is 0 Å². The van der Waals surface area contributed by atoms with Gasteiger partial charge in [0, 0.05) is 37.1 Å². The Kier molecular flexibility index (Phi) is 4.08. The predicted octanol–water partition coefficient (Wildman–Crippen LogP) is 1.30. The Labute approximate surface area is 116 Å². The van der Waals surface area contributed by atoms with Crippen LogP contribution in [0.2, 0.25) is 0 Å². The van der Waals surface area contributed by atoms with Crippen molar-refractivity contribution < 1.29 is 17.2 Å². The van der Waals surface area contributed by atoms with Crippen LogP contribution in [-0.2, 0) is 10.0 Å². The molecule has 0 amide bonds.